The highest BCUT2D eigenvalue weighted by molar-refractivity contribution is 6.97. The van der Waals surface area contributed by atoms with Gasteiger partial charge in [-0.2, -0.15) is 0 Å². The predicted octanol–water partition coefficient (Wildman–Crippen LogP) is 7.45. The van der Waals surface area contributed by atoms with Gasteiger partial charge in [-0.1, -0.05) is 112 Å². The molecule has 6 aromatic rings. The molecule has 174 valence electrons. The van der Waals surface area contributed by atoms with Crippen LogP contribution in [0, 0.1) is 0 Å². The smallest absolute Gasteiger partial charge is 0.251 e. The molecule has 0 saturated carbocycles. The molecule has 0 aromatic heterocycles. The summed E-state index contributed by atoms with van der Waals surface area (Å²) in [6.45, 7) is 9.38. The highest BCUT2D eigenvalue weighted by atomic mass is 16.5. The average molecular weight is 464 g/mol. The molecule has 1 aliphatic heterocycles. The van der Waals surface area contributed by atoms with Crippen LogP contribution >= 0.6 is 0 Å². The van der Waals surface area contributed by atoms with Gasteiger partial charge >= 0.3 is 0 Å². The molecule has 0 bridgehead atoms. The Bertz CT molecular complexity index is 1740. The van der Waals surface area contributed by atoms with Gasteiger partial charge in [-0.15, -0.1) is 0 Å². The number of rotatable bonds is 3. The van der Waals surface area contributed by atoms with E-state index in [4.69, 9.17) is 4.74 Å². The molecule has 0 N–H and O–H groups in total. The first-order chi connectivity index (χ1) is 17.5. The van der Waals surface area contributed by atoms with Crippen molar-refractivity contribution in [3.05, 3.63) is 102 Å². The SMILES string of the molecule is CC(C)c1cc(C(C)C)c2ccc3c4c(cc5ccc1c2c53)B(c1ccccc1)c1ccccc1O4. The van der Waals surface area contributed by atoms with Crippen LogP contribution in [0.5, 0.6) is 11.5 Å². The lowest BCUT2D eigenvalue weighted by Crippen LogP contribution is -2.54. The largest absolute Gasteiger partial charge is 0.458 e. The number of fused-ring (bicyclic) bond motifs is 3. The summed E-state index contributed by atoms with van der Waals surface area (Å²) >= 11 is 0. The van der Waals surface area contributed by atoms with Crippen LogP contribution in [-0.4, -0.2) is 6.71 Å². The fourth-order valence-electron chi connectivity index (χ4n) is 6.40. The second-order valence-corrected chi connectivity index (χ2v) is 10.9. The van der Waals surface area contributed by atoms with Crippen molar-refractivity contribution >= 4 is 55.4 Å². The van der Waals surface area contributed by atoms with Crippen molar-refractivity contribution in [1.29, 1.82) is 0 Å². The fraction of sp³-hybridized carbons (Fsp3) is 0.176. The Morgan fingerprint density at radius 2 is 1.22 bits per heavy atom. The first-order valence-corrected chi connectivity index (χ1v) is 13.1. The zero-order chi connectivity index (χ0) is 24.6. The number of hydrogen-bond donors (Lipinski definition) is 0. The summed E-state index contributed by atoms with van der Waals surface area (Å²) < 4.78 is 6.74. The van der Waals surface area contributed by atoms with E-state index in [1.165, 1.54) is 59.8 Å². The van der Waals surface area contributed by atoms with Crippen LogP contribution in [-0.2, 0) is 0 Å². The van der Waals surface area contributed by atoms with Gasteiger partial charge in [0.05, 0.1) is 0 Å². The summed E-state index contributed by atoms with van der Waals surface area (Å²) in [5.74, 6) is 2.89. The molecule has 1 heterocycles. The van der Waals surface area contributed by atoms with Crippen molar-refractivity contribution in [2.24, 2.45) is 0 Å². The zero-order valence-electron chi connectivity index (χ0n) is 21.3. The Hall–Kier alpha value is -3.78. The van der Waals surface area contributed by atoms with Crippen molar-refractivity contribution in [3.63, 3.8) is 0 Å². The van der Waals surface area contributed by atoms with Crippen LogP contribution in [0.15, 0.2) is 91.0 Å². The molecule has 7 rings (SSSR count). The second kappa shape index (κ2) is 7.86. The molecule has 36 heavy (non-hydrogen) atoms. The van der Waals surface area contributed by atoms with Crippen LogP contribution in [0.1, 0.15) is 50.7 Å². The summed E-state index contributed by atoms with van der Waals surface area (Å²) in [6, 6.07) is 33.5. The van der Waals surface area contributed by atoms with E-state index in [0.29, 0.717) is 11.8 Å². The number of benzene rings is 6. The van der Waals surface area contributed by atoms with Gasteiger partial charge in [-0.25, -0.2) is 0 Å². The standard InChI is InChI=1S/C34H29BO/c1-20(2)27-19-28(21(3)4)25-16-17-26-32-22(14-15-24(27)33(25)32)18-30-34(26)36-31-13-9-8-12-29(31)35(30)23-10-6-5-7-11-23/h5-21H,1-4H3. The Balaban J connectivity index is 1.62. The molecule has 0 unspecified atom stereocenters. The first kappa shape index (κ1) is 21.5. The molecule has 0 atom stereocenters. The number of para-hydroxylation sites is 1. The van der Waals surface area contributed by atoms with E-state index in [1.54, 1.807) is 0 Å². The minimum atomic E-state index is 0.144. The molecule has 1 nitrogen and oxygen atoms in total. The normalized spacial score (nSPS) is 13.1. The molecule has 0 radical (unpaired) electrons. The van der Waals surface area contributed by atoms with Gasteiger partial charge in [0, 0.05) is 10.8 Å². The van der Waals surface area contributed by atoms with E-state index < -0.39 is 0 Å². The number of hydrogen-bond acceptors (Lipinski definition) is 1. The zero-order valence-corrected chi connectivity index (χ0v) is 21.3. The summed E-state index contributed by atoms with van der Waals surface area (Å²) in [6.07, 6.45) is 0. The minimum Gasteiger partial charge on any atom is -0.458 e. The Morgan fingerprint density at radius 1 is 0.583 bits per heavy atom. The van der Waals surface area contributed by atoms with Crippen LogP contribution in [0.25, 0.3) is 32.3 Å². The summed E-state index contributed by atoms with van der Waals surface area (Å²) in [4.78, 5) is 0. The average Bonchev–Trinajstić information content (AvgIpc) is 2.90. The van der Waals surface area contributed by atoms with Crippen LogP contribution in [0.3, 0.4) is 0 Å². The fourth-order valence-corrected chi connectivity index (χ4v) is 6.40. The molecule has 6 aromatic carbocycles. The van der Waals surface area contributed by atoms with E-state index in [2.05, 4.69) is 119 Å². The summed E-state index contributed by atoms with van der Waals surface area (Å²) in [7, 11) is 0. The third kappa shape index (κ3) is 2.97. The van der Waals surface area contributed by atoms with E-state index in [0.717, 1.165) is 11.5 Å². The third-order valence-electron chi connectivity index (χ3n) is 8.07. The highest BCUT2D eigenvalue weighted by Crippen LogP contribution is 2.44. The molecule has 0 fully saturated rings. The van der Waals surface area contributed by atoms with Crippen LogP contribution in [0.2, 0.25) is 0 Å². The molecule has 1 aliphatic rings. The van der Waals surface area contributed by atoms with Gasteiger partial charge in [0.2, 0.25) is 0 Å². The van der Waals surface area contributed by atoms with E-state index in [9.17, 15) is 0 Å². The summed E-state index contributed by atoms with van der Waals surface area (Å²) in [5, 5.41) is 7.98. The first-order valence-electron chi connectivity index (χ1n) is 13.1. The van der Waals surface area contributed by atoms with Crippen molar-refractivity contribution in [2.75, 3.05) is 0 Å². The molecule has 0 saturated heterocycles. The van der Waals surface area contributed by atoms with Crippen molar-refractivity contribution < 1.29 is 4.74 Å². The van der Waals surface area contributed by atoms with Crippen molar-refractivity contribution in [1.82, 2.24) is 0 Å². The van der Waals surface area contributed by atoms with E-state index in [1.807, 2.05) is 0 Å². The third-order valence-corrected chi connectivity index (χ3v) is 8.07. The van der Waals surface area contributed by atoms with Crippen LogP contribution in [0.4, 0.5) is 0 Å². The van der Waals surface area contributed by atoms with Crippen molar-refractivity contribution in [2.45, 2.75) is 39.5 Å². The Labute approximate surface area is 213 Å². The molecule has 0 spiro atoms. The maximum absolute atomic E-state index is 6.74. The lowest BCUT2D eigenvalue weighted by atomic mass is 9.35. The van der Waals surface area contributed by atoms with Crippen LogP contribution < -0.4 is 21.1 Å². The van der Waals surface area contributed by atoms with Gasteiger partial charge in [0.25, 0.3) is 6.71 Å². The maximum atomic E-state index is 6.74. The maximum Gasteiger partial charge on any atom is 0.251 e. The highest BCUT2D eigenvalue weighted by Gasteiger charge is 2.34. The molecule has 0 amide bonds. The van der Waals surface area contributed by atoms with E-state index >= 15 is 0 Å². The lowest BCUT2D eigenvalue weighted by molar-refractivity contribution is 0.493. The van der Waals surface area contributed by atoms with E-state index in [-0.39, 0.29) is 6.71 Å². The number of ether oxygens (including phenoxy) is 1. The molecular formula is C34H29BO. The van der Waals surface area contributed by atoms with Gasteiger partial charge in [0.15, 0.2) is 0 Å². The monoisotopic (exact) mass is 464 g/mol. The predicted molar refractivity (Wildman–Crippen MR) is 156 cm³/mol. The topological polar surface area (TPSA) is 9.23 Å². The Kier molecular flexibility index (Phi) is 4.70. The quantitative estimate of drug-likeness (QED) is 0.195. The van der Waals surface area contributed by atoms with Gasteiger partial charge in [-0.05, 0) is 67.6 Å². The van der Waals surface area contributed by atoms with Gasteiger partial charge in [-0.3, -0.25) is 0 Å². The Morgan fingerprint density at radius 3 is 1.94 bits per heavy atom. The summed E-state index contributed by atoms with van der Waals surface area (Å²) in [5.41, 5.74) is 6.65. The van der Waals surface area contributed by atoms with Gasteiger partial charge in [0.1, 0.15) is 11.5 Å². The molecule has 0 aliphatic carbocycles. The molecular weight excluding hydrogens is 435 g/mol. The lowest BCUT2D eigenvalue weighted by Gasteiger charge is -2.29. The van der Waals surface area contributed by atoms with Gasteiger partial charge < -0.3 is 4.74 Å². The second-order valence-electron chi connectivity index (χ2n) is 10.9. The minimum absolute atomic E-state index is 0.144. The molecule has 2 heteroatoms. The van der Waals surface area contributed by atoms with Crippen molar-refractivity contribution in [3.8, 4) is 11.5 Å².